The number of likely N-dealkylation sites (N-methyl/N-ethyl adjacent to an activating group) is 1. The van der Waals surface area contributed by atoms with Gasteiger partial charge in [0.05, 0.1) is 4.83 Å². The van der Waals surface area contributed by atoms with Gasteiger partial charge in [0.15, 0.2) is 0 Å². The quantitative estimate of drug-likeness (QED) is 0.842. The van der Waals surface area contributed by atoms with Gasteiger partial charge in [0, 0.05) is 6.54 Å². The molecular formula is C10H15Br2N. The van der Waals surface area contributed by atoms with Crippen LogP contribution in [0.25, 0.3) is 0 Å². The Morgan fingerprint density at radius 1 is 1.31 bits per heavy atom. The molecule has 0 bridgehead atoms. The molecule has 3 heteroatoms. The first-order valence-corrected chi connectivity index (χ1v) is 5.16. The maximum Gasteiger partial charge on any atom is 0.0519 e. The highest BCUT2D eigenvalue weighted by molar-refractivity contribution is 9.09. The molecule has 1 atom stereocenters. The molecule has 0 heterocycles. The van der Waals surface area contributed by atoms with Crippen molar-refractivity contribution < 1.29 is 0 Å². The summed E-state index contributed by atoms with van der Waals surface area (Å²) < 4.78 is 0. The predicted octanol–water partition coefficient (Wildman–Crippen LogP) is 3.31. The van der Waals surface area contributed by atoms with E-state index in [-0.39, 0.29) is 17.0 Å². The number of benzene rings is 1. The van der Waals surface area contributed by atoms with Gasteiger partial charge in [-0.15, -0.1) is 17.0 Å². The van der Waals surface area contributed by atoms with Crippen molar-refractivity contribution in [2.75, 3.05) is 13.1 Å². The van der Waals surface area contributed by atoms with Crippen molar-refractivity contribution in [3.8, 4) is 0 Å². The molecule has 1 nitrogen and oxygen atoms in total. The van der Waals surface area contributed by atoms with E-state index in [2.05, 4.69) is 52.4 Å². The zero-order valence-corrected chi connectivity index (χ0v) is 11.0. The van der Waals surface area contributed by atoms with Crippen molar-refractivity contribution in [3.63, 3.8) is 0 Å². The normalized spacial score (nSPS) is 11.8. The van der Waals surface area contributed by atoms with E-state index in [4.69, 9.17) is 0 Å². The third kappa shape index (κ3) is 4.79. The summed E-state index contributed by atoms with van der Waals surface area (Å²) in [5.41, 5.74) is 1.33. The van der Waals surface area contributed by atoms with Crippen LogP contribution in [0.1, 0.15) is 17.3 Å². The second kappa shape index (κ2) is 7.54. The lowest BCUT2D eigenvalue weighted by Gasteiger charge is -2.09. The molecule has 0 aliphatic carbocycles. The first-order valence-electron chi connectivity index (χ1n) is 4.24. The Labute approximate surface area is 98.8 Å². The van der Waals surface area contributed by atoms with E-state index in [0.29, 0.717) is 4.83 Å². The Balaban J connectivity index is 0.00000144. The fourth-order valence-electron chi connectivity index (χ4n) is 1.05. The van der Waals surface area contributed by atoms with Crippen molar-refractivity contribution in [1.29, 1.82) is 0 Å². The minimum absolute atomic E-state index is 0. The van der Waals surface area contributed by atoms with Crippen molar-refractivity contribution in [2.45, 2.75) is 11.8 Å². The van der Waals surface area contributed by atoms with Crippen molar-refractivity contribution >= 4 is 32.9 Å². The lowest BCUT2D eigenvalue weighted by Crippen LogP contribution is -2.17. The zero-order valence-electron chi connectivity index (χ0n) is 7.66. The van der Waals surface area contributed by atoms with Gasteiger partial charge in [-0.25, -0.2) is 0 Å². The van der Waals surface area contributed by atoms with Gasteiger partial charge < -0.3 is 5.32 Å². The van der Waals surface area contributed by atoms with E-state index in [0.717, 1.165) is 13.1 Å². The van der Waals surface area contributed by atoms with Crippen LogP contribution in [0, 0.1) is 0 Å². The molecule has 0 saturated carbocycles. The molecule has 1 rings (SSSR count). The van der Waals surface area contributed by atoms with E-state index >= 15 is 0 Å². The van der Waals surface area contributed by atoms with Crippen LogP contribution in [-0.2, 0) is 0 Å². The Bertz CT molecular complexity index is 213. The molecule has 13 heavy (non-hydrogen) atoms. The summed E-state index contributed by atoms with van der Waals surface area (Å²) in [5.74, 6) is 0. The van der Waals surface area contributed by atoms with Crippen LogP contribution in [0.15, 0.2) is 30.3 Å². The lowest BCUT2D eigenvalue weighted by atomic mass is 10.1. The van der Waals surface area contributed by atoms with Gasteiger partial charge in [0.1, 0.15) is 0 Å². The number of alkyl halides is 1. The van der Waals surface area contributed by atoms with Crippen LogP contribution in [0.3, 0.4) is 0 Å². The summed E-state index contributed by atoms with van der Waals surface area (Å²) >= 11 is 3.62. The summed E-state index contributed by atoms with van der Waals surface area (Å²) in [4.78, 5) is 0.429. The van der Waals surface area contributed by atoms with Gasteiger partial charge in [-0.2, -0.15) is 0 Å². The Morgan fingerprint density at radius 3 is 2.46 bits per heavy atom. The maximum atomic E-state index is 3.62. The van der Waals surface area contributed by atoms with Crippen LogP contribution < -0.4 is 5.32 Å². The number of rotatable bonds is 4. The van der Waals surface area contributed by atoms with Gasteiger partial charge in [-0.1, -0.05) is 53.2 Å². The Kier molecular flexibility index (Phi) is 7.62. The van der Waals surface area contributed by atoms with E-state index in [1.807, 2.05) is 6.07 Å². The van der Waals surface area contributed by atoms with Crippen LogP contribution >= 0.6 is 32.9 Å². The van der Waals surface area contributed by atoms with Crippen LogP contribution in [0.4, 0.5) is 0 Å². The second-order valence-electron chi connectivity index (χ2n) is 2.69. The minimum Gasteiger partial charge on any atom is -0.316 e. The number of nitrogens with one attached hydrogen (secondary N) is 1. The van der Waals surface area contributed by atoms with E-state index in [1.54, 1.807) is 0 Å². The SMILES string of the molecule is Br.CCNCC(Br)c1ccccc1. The molecule has 0 aliphatic rings. The third-order valence-electron chi connectivity index (χ3n) is 1.73. The summed E-state index contributed by atoms with van der Waals surface area (Å²) in [5, 5.41) is 3.30. The number of hydrogen-bond donors (Lipinski definition) is 1. The highest BCUT2D eigenvalue weighted by Gasteiger charge is 2.03. The molecule has 0 aliphatic heterocycles. The third-order valence-corrected chi connectivity index (χ3v) is 2.59. The average Bonchev–Trinajstić information content (AvgIpc) is 2.15. The molecule has 0 fully saturated rings. The van der Waals surface area contributed by atoms with Gasteiger partial charge in [0.25, 0.3) is 0 Å². The maximum absolute atomic E-state index is 3.62. The van der Waals surface area contributed by atoms with Crippen LogP contribution in [0.2, 0.25) is 0 Å². The molecular weight excluding hydrogens is 294 g/mol. The Hall–Kier alpha value is 0.140. The topological polar surface area (TPSA) is 12.0 Å². The molecule has 0 radical (unpaired) electrons. The molecule has 1 aromatic rings. The molecule has 1 aromatic carbocycles. The zero-order chi connectivity index (χ0) is 8.81. The predicted molar refractivity (Wildman–Crippen MR) is 67.0 cm³/mol. The smallest absolute Gasteiger partial charge is 0.0519 e. The van der Waals surface area contributed by atoms with Gasteiger partial charge in [-0.05, 0) is 12.1 Å². The fourth-order valence-corrected chi connectivity index (χ4v) is 1.58. The monoisotopic (exact) mass is 307 g/mol. The molecule has 0 aromatic heterocycles. The van der Waals surface area contributed by atoms with Crippen LogP contribution in [-0.4, -0.2) is 13.1 Å². The summed E-state index contributed by atoms with van der Waals surface area (Å²) in [7, 11) is 0. The first-order chi connectivity index (χ1) is 5.84. The van der Waals surface area contributed by atoms with Gasteiger partial charge in [0.2, 0.25) is 0 Å². The summed E-state index contributed by atoms with van der Waals surface area (Å²) in [6.45, 7) is 4.13. The largest absolute Gasteiger partial charge is 0.316 e. The molecule has 0 saturated heterocycles. The van der Waals surface area contributed by atoms with Crippen molar-refractivity contribution in [2.24, 2.45) is 0 Å². The van der Waals surface area contributed by atoms with Gasteiger partial charge in [-0.3, -0.25) is 0 Å². The molecule has 1 unspecified atom stereocenters. The standard InChI is InChI=1S/C10H14BrN.BrH/c1-2-12-8-10(11)9-6-4-3-5-7-9;/h3-7,10,12H,2,8H2,1H3;1H. The van der Waals surface area contributed by atoms with E-state index in [1.165, 1.54) is 5.56 Å². The minimum atomic E-state index is 0. The highest BCUT2D eigenvalue weighted by atomic mass is 79.9. The summed E-state index contributed by atoms with van der Waals surface area (Å²) in [6.07, 6.45) is 0. The number of halogens is 2. The fraction of sp³-hybridized carbons (Fsp3) is 0.400. The second-order valence-corrected chi connectivity index (χ2v) is 3.79. The number of hydrogen-bond acceptors (Lipinski definition) is 1. The van der Waals surface area contributed by atoms with Crippen LogP contribution in [0.5, 0.6) is 0 Å². The summed E-state index contributed by atoms with van der Waals surface area (Å²) in [6, 6.07) is 10.4. The van der Waals surface area contributed by atoms with Crippen molar-refractivity contribution in [1.82, 2.24) is 5.32 Å². The van der Waals surface area contributed by atoms with E-state index in [9.17, 15) is 0 Å². The first kappa shape index (κ1) is 13.1. The average molecular weight is 309 g/mol. The molecule has 74 valence electrons. The Morgan fingerprint density at radius 2 is 1.92 bits per heavy atom. The van der Waals surface area contributed by atoms with Gasteiger partial charge >= 0.3 is 0 Å². The van der Waals surface area contributed by atoms with Crippen molar-refractivity contribution in [3.05, 3.63) is 35.9 Å². The molecule has 0 amide bonds. The molecule has 0 spiro atoms. The van der Waals surface area contributed by atoms with E-state index < -0.39 is 0 Å². The highest BCUT2D eigenvalue weighted by Crippen LogP contribution is 2.20. The lowest BCUT2D eigenvalue weighted by molar-refractivity contribution is 0.713. The molecule has 1 N–H and O–H groups in total.